The van der Waals surface area contributed by atoms with Crippen molar-refractivity contribution in [3.05, 3.63) is 28.8 Å². The molecular weight excluding hydrogens is 328 g/mol. The maximum absolute atomic E-state index is 12.4. The molecule has 0 saturated carbocycles. The van der Waals surface area contributed by atoms with E-state index in [-0.39, 0.29) is 22.0 Å². The van der Waals surface area contributed by atoms with Gasteiger partial charge < -0.3 is 10.0 Å². The van der Waals surface area contributed by atoms with E-state index in [4.69, 9.17) is 16.7 Å². The van der Waals surface area contributed by atoms with Crippen molar-refractivity contribution in [2.75, 3.05) is 26.0 Å². The zero-order chi connectivity index (χ0) is 16.2. The lowest BCUT2D eigenvalue weighted by Gasteiger charge is -2.21. The highest BCUT2D eigenvalue weighted by molar-refractivity contribution is 7.90. The van der Waals surface area contributed by atoms with Crippen molar-refractivity contribution in [3.8, 4) is 0 Å². The van der Waals surface area contributed by atoms with Gasteiger partial charge in [0.05, 0.1) is 23.1 Å². The lowest BCUT2D eigenvalue weighted by atomic mass is 10.2. The van der Waals surface area contributed by atoms with Gasteiger partial charge in [-0.05, 0) is 18.2 Å². The topological polar surface area (TPSA) is 74.7 Å². The SMILES string of the molecule is CS(=O)(=O)c1cc(C(=O)N(CCO)CC(F)F)ccc1Cl. The van der Waals surface area contributed by atoms with Crippen LogP contribution in [-0.2, 0) is 9.84 Å². The Labute approximate surface area is 126 Å². The Morgan fingerprint density at radius 2 is 2.05 bits per heavy atom. The molecule has 0 radical (unpaired) electrons. The Bertz CT molecular complexity index is 622. The number of amides is 1. The van der Waals surface area contributed by atoms with Crippen LogP contribution in [0.3, 0.4) is 0 Å². The summed E-state index contributed by atoms with van der Waals surface area (Å²) in [5.41, 5.74) is -0.0890. The van der Waals surface area contributed by atoms with Crippen molar-refractivity contribution in [2.24, 2.45) is 0 Å². The zero-order valence-corrected chi connectivity index (χ0v) is 12.7. The second-order valence-electron chi connectivity index (χ2n) is 4.28. The number of hydrogen-bond donors (Lipinski definition) is 1. The van der Waals surface area contributed by atoms with Crippen LogP contribution in [0.4, 0.5) is 8.78 Å². The molecule has 1 N–H and O–H groups in total. The summed E-state index contributed by atoms with van der Waals surface area (Å²) in [5.74, 6) is -0.800. The summed E-state index contributed by atoms with van der Waals surface area (Å²) in [7, 11) is -3.65. The predicted octanol–water partition coefficient (Wildman–Crippen LogP) is 1.44. The van der Waals surface area contributed by atoms with Gasteiger partial charge in [0, 0.05) is 18.4 Å². The Kier molecular flexibility index (Phi) is 6.06. The third-order valence-electron chi connectivity index (χ3n) is 2.59. The normalized spacial score (nSPS) is 11.7. The molecule has 0 unspecified atom stereocenters. The minimum absolute atomic E-state index is 0.0587. The zero-order valence-electron chi connectivity index (χ0n) is 11.1. The number of alkyl halides is 2. The van der Waals surface area contributed by atoms with Crippen molar-refractivity contribution in [1.29, 1.82) is 0 Å². The molecule has 1 rings (SSSR count). The Morgan fingerprint density at radius 3 is 2.52 bits per heavy atom. The van der Waals surface area contributed by atoms with Crippen LogP contribution in [0.25, 0.3) is 0 Å². The molecule has 0 bridgehead atoms. The van der Waals surface area contributed by atoms with E-state index in [1.165, 1.54) is 12.1 Å². The summed E-state index contributed by atoms with van der Waals surface area (Å²) in [6, 6.07) is 3.50. The highest BCUT2D eigenvalue weighted by atomic mass is 35.5. The second-order valence-corrected chi connectivity index (χ2v) is 6.67. The van der Waals surface area contributed by atoms with Crippen LogP contribution in [0.15, 0.2) is 23.1 Å². The minimum atomic E-state index is -3.65. The first-order valence-corrected chi connectivity index (χ1v) is 8.11. The fourth-order valence-electron chi connectivity index (χ4n) is 1.67. The molecule has 0 spiro atoms. The van der Waals surface area contributed by atoms with E-state index >= 15 is 0 Å². The number of nitrogens with zero attached hydrogens (tertiary/aromatic N) is 1. The molecule has 0 aliphatic rings. The van der Waals surface area contributed by atoms with Gasteiger partial charge in [-0.3, -0.25) is 4.79 Å². The molecule has 21 heavy (non-hydrogen) atoms. The van der Waals surface area contributed by atoms with Crippen LogP contribution in [0.1, 0.15) is 10.4 Å². The smallest absolute Gasteiger partial charge is 0.255 e. The van der Waals surface area contributed by atoms with Crippen molar-refractivity contribution in [2.45, 2.75) is 11.3 Å². The highest BCUT2D eigenvalue weighted by Crippen LogP contribution is 2.23. The molecule has 1 aromatic carbocycles. The molecule has 0 aromatic heterocycles. The monoisotopic (exact) mass is 341 g/mol. The van der Waals surface area contributed by atoms with Crippen molar-refractivity contribution >= 4 is 27.3 Å². The number of carbonyl (C=O) groups excluding carboxylic acids is 1. The molecule has 0 aliphatic heterocycles. The Hall–Kier alpha value is -1.25. The van der Waals surface area contributed by atoms with Crippen LogP contribution >= 0.6 is 11.6 Å². The van der Waals surface area contributed by atoms with Crippen molar-refractivity contribution in [1.82, 2.24) is 4.90 Å². The maximum atomic E-state index is 12.4. The van der Waals surface area contributed by atoms with Crippen LogP contribution in [0, 0.1) is 0 Å². The number of hydrogen-bond acceptors (Lipinski definition) is 4. The molecule has 1 aromatic rings. The van der Waals surface area contributed by atoms with Gasteiger partial charge >= 0.3 is 0 Å². The lowest BCUT2D eigenvalue weighted by molar-refractivity contribution is 0.0509. The molecule has 1 amide bonds. The van der Waals surface area contributed by atoms with Gasteiger partial charge in [-0.2, -0.15) is 0 Å². The molecule has 5 nitrogen and oxygen atoms in total. The number of sulfone groups is 1. The third kappa shape index (κ3) is 4.90. The lowest BCUT2D eigenvalue weighted by Crippen LogP contribution is -2.37. The van der Waals surface area contributed by atoms with Crippen LogP contribution in [0.5, 0.6) is 0 Å². The summed E-state index contributed by atoms with van der Waals surface area (Å²) in [5, 5.41) is 8.76. The van der Waals surface area contributed by atoms with E-state index < -0.39 is 35.3 Å². The summed E-state index contributed by atoms with van der Waals surface area (Å²) in [4.78, 5) is 12.6. The van der Waals surface area contributed by atoms with Gasteiger partial charge in [-0.25, -0.2) is 17.2 Å². The van der Waals surface area contributed by atoms with Gasteiger partial charge in [0.2, 0.25) is 0 Å². The Balaban J connectivity index is 3.17. The van der Waals surface area contributed by atoms with Crippen molar-refractivity contribution in [3.63, 3.8) is 0 Å². The predicted molar refractivity (Wildman–Crippen MR) is 73.6 cm³/mol. The first-order valence-electron chi connectivity index (χ1n) is 5.84. The molecule has 0 heterocycles. The summed E-state index contributed by atoms with van der Waals surface area (Å²) in [6.45, 7) is -1.61. The number of aliphatic hydroxyl groups excluding tert-OH is 1. The average Bonchev–Trinajstić information content (AvgIpc) is 2.36. The van der Waals surface area contributed by atoms with Gasteiger partial charge in [0.15, 0.2) is 9.84 Å². The standard InChI is InChI=1S/C12H14ClF2NO4S/c1-21(19,20)10-6-8(2-3-9(10)13)12(18)16(4-5-17)7-11(14)15/h2-3,6,11,17H,4-5,7H2,1H3. The highest BCUT2D eigenvalue weighted by Gasteiger charge is 2.22. The van der Waals surface area contributed by atoms with Crippen LogP contribution in [-0.4, -0.2) is 56.7 Å². The molecule has 0 atom stereocenters. The first-order chi connectivity index (χ1) is 9.66. The molecule has 9 heteroatoms. The first kappa shape index (κ1) is 17.8. The third-order valence-corrected chi connectivity index (χ3v) is 4.17. The number of carbonyl (C=O) groups is 1. The van der Waals surface area contributed by atoms with E-state index in [2.05, 4.69) is 0 Å². The van der Waals surface area contributed by atoms with Gasteiger partial charge in [0.1, 0.15) is 0 Å². The number of rotatable bonds is 6. The Morgan fingerprint density at radius 1 is 1.43 bits per heavy atom. The van der Waals surface area contributed by atoms with Gasteiger partial charge in [-0.1, -0.05) is 11.6 Å². The summed E-state index contributed by atoms with van der Waals surface area (Å²) >= 11 is 5.75. The van der Waals surface area contributed by atoms with E-state index in [1.807, 2.05) is 0 Å². The number of aliphatic hydroxyl groups is 1. The summed E-state index contributed by atoms with van der Waals surface area (Å²) < 4.78 is 47.9. The molecule has 0 saturated heterocycles. The van der Waals surface area contributed by atoms with E-state index in [0.717, 1.165) is 17.2 Å². The number of halogens is 3. The van der Waals surface area contributed by atoms with Gasteiger partial charge in [0.25, 0.3) is 12.3 Å². The van der Waals surface area contributed by atoms with Crippen molar-refractivity contribution < 1.29 is 27.1 Å². The van der Waals surface area contributed by atoms with E-state index in [1.54, 1.807) is 0 Å². The molecule has 0 aliphatic carbocycles. The average molecular weight is 342 g/mol. The molecule has 118 valence electrons. The maximum Gasteiger partial charge on any atom is 0.255 e. The fourth-order valence-corrected chi connectivity index (χ4v) is 2.97. The molecule has 0 fully saturated rings. The molecular formula is C12H14ClF2NO4S. The van der Waals surface area contributed by atoms with E-state index in [0.29, 0.717) is 0 Å². The minimum Gasteiger partial charge on any atom is -0.395 e. The number of benzene rings is 1. The second kappa shape index (κ2) is 7.15. The van der Waals surface area contributed by atoms with E-state index in [9.17, 15) is 22.0 Å². The summed E-state index contributed by atoms with van der Waals surface area (Å²) in [6.07, 6.45) is -1.84. The largest absolute Gasteiger partial charge is 0.395 e. The van der Waals surface area contributed by atoms with Crippen LogP contribution in [0.2, 0.25) is 5.02 Å². The van der Waals surface area contributed by atoms with Crippen LogP contribution < -0.4 is 0 Å². The van der Waals surface area contributed by atoms with Gasteiger partial charge in [-0.15, -0.1) is 0 Å². The quantitative estimate of drug-likeness (QED) is 0.849. The fraction of sp³-hybridized carbons (Fsp3) is 0.417.